The second kappa shape index (κ2) is 5.19. The first-order valence-electron chi connectivity index (χ1n) is 4.65. The molecular weight excluding hydrogens is 170 g/mol. The molecule has 1 aliphatic rings. The molecule has 1 heterocycles. The number of nitrogens with two attached hydrogens (primary N) is 1. The van der Waals surface area contributed by atoms with Crippen LogP contribution in [0.15, 0.2) is 0 Å². The van der Waals surface area contributed by atoms with Crippen molar-refractivity contribution in [3.63, 3.8) is 0 Å². The van der Waals surface area contributed by atoms with Crippen LogP contribution in [0, 0.1) is 5.92 Å². The minimum Gasteiger partial charge on any atom is -0.468 e. The summed E-state index contributed by atoms with van der Waals surface area (Å²) in [5, 5.41) is 0. The molecule has 0 unspecified atom stereocenters. The fourth-order valence-corrected chi connectivity index (χ4v) is 1.59. The molecule has 1 fully saturated rings. The molecule has 4 nitrogen and oxygen atoms in total. The molecule has 0 aromatic carbocycles. The van der Waals surface area contributed by atoms with Crippen LogP contribution in [0.5, 0.6) is 0 Å². The summed E-state index contributed by atoms with van der Waals surface area (Å²) in [6.45, 7) is 1.58. The molecule has 76 valence electrons. The Morgan fingerprint density at radius 1 is 1.62 bits per heavy atom. The first-order chi connectivity index (χ1) is 6.24. The second-order valence-corrected chi connectivity index (χ2v) is 3.42. The van der Waals surface area contributed by atoms with Gasteiger partial charge < -0.3 is 15.2 Å². The smallest absolute Gasteiger partial charge is 0.322 e. The van der Waals surface area contributed by atoms with E-state index in [1.165, 1.54) is 7.11 Å². The van der Waals surface area contributed by atoms with Gasteiger partial charge in [0.15, 0.2) is 0 Å². The molecule has 0 bridgehead atoms. The van der Waals surface area contributed by atoms with Gasteiger partial charge in [0, 0.05) is 13.2 Å². The van der Waals surface area contributed by atoms with Crippen LogP contribution >= 0.6 is 0 Å². The van der Waals surface area contributed by atoms with E-state index in [0.29, 0.717) is 5.92 Å². The van der Waals surface area contributed by atoms with Crippen LogP contribution in [0.3, 0.4) is 0 Å². The first-order valence-corrected chi connectivity index (χ1v) is 4.65. The number of hydrogen-bond donors (Lipinski definition) is 1. The molecule has 1 saturated heterocycles. The van der Waals surface area contributed by atoms with Crippen LogP contribution in [0.2, 0.25) is 0 Å². The molecular formula is C9H17NO3. The molecule has 1 atom stereocenters. The van der Waals surface area contributed by atoms with Crippen molar-refractivity contribution in [1.82, 2.24) is 0 Å². The molecule has 0 saturated carbocycles. The number of esters is 1. The molecule has 0 aromatic heterocycles. The Morgan fingerprint density at radius 3 is 2.77 bits per heavy atom. The van der Waals surface area contributed by atoms with E-state index >= 15 is 0 Å². The number of hydrogen-bond acceptors (Lipinski definition) is 4. The molecule has 1 rings (SSSR count). The van der Waals surface area contributed by atoms with Gasteiger partial charge in [-0.3, -0.25) is 4.79 Å². The number of methoxy groups -OCH3 is 1. The van der Waals surface area contributed by atoms with E-state index in [2.05, 4.69) is 4.74 Å². The third-order valence-corrected chi connectivity index (χ3v) is 2.43. The van der Waals surface area contributed by atoms with Crippen LogP contribution in [-0.2, 0) is 14.3 Å². The Labute approximate surface area is 78.4 Å². The van der Waals surface area contributed by atoms with Gasteiger partial charge in [0.1, 0.15) is 6.04 Å². The lowest BCUT2D eigenvalue weighted by Crippen LogP contribution is -2.35. The maximum absolute atomic E-state index is 11.0. The molecule has 0 amide bonds. The van der Waals surface area contributed by atoms with Gasteiger partial charge in [0.25, 0.3) is 0 Å². The lowest BCUT2D eigenvalue weighted by atomic mass is 9.93. The zero-order valence-electron chi connectivity index (χ0n) is 7.99. The number of rotatable bonds is 3. The Kier molecular flexibility index (Phi) is 4.18. The van der Waals surface area contributed by atoms with Crippen molar-refractivity contribution in [1.29, 1.82) is 0 Å². The van der Waals surface area contributed by atoms with E-state index in [1.807, 2.05) is 0 Å². The van der Waals surface area contributed by atoms with E-state index in [0.717, 1.165) is 32.5 Å². The van der Waals surface area contributed by atoms with E-state index in [9.17, 15) is 4.79 Å². The average Bonchev–Trinajstić information content (AvgIpc) is 2.18. The predicted octanol–water partition coefficient (Wildman–Crippen LogP) is 0.303. The SMILES string of the molecule is COC(=O)[C@@H](N)CC1CCOCC1. The Hall–Kier alpha value is -0.610. The second-order valence-electron chi connectivity index (χ2n) is 3.42. The Bertz CT molecular complexity index is 166. The highest BCUT2D eigenvalue weighted by atomic mass is 16.5. The summed E-state index contributed by atoms with van der Waals surface area (Å²) >= 11 is 0. The van der Waals surface area contributed by atoms with Gasteiger partial charge in [-0.15, -0.1) is 0 Å². The standard InChI is InChI=1S/C9H17NO3/c1-12-9(11)8(10)6-7-2-4-13-5-3-7/h7-8H,2-6,10H2,1H3/t8-/m0/s1. The highest BCUT2D eigenvalue weighted by Crippen LogP contribution is 2.19. The molecule has 4 heteroatoms. The lowest BCUT2D eigenvalue weighted by Gasteiger charge is -2.23. The lowest BCUT2D eigenvalue weighted by molar-refractivity contribution is -0.142. The third kappa shape index (κ3) is 3.32. The van der Waals surface area contributed by atoms with Crippen molar-refractivity contribution in [3.8, 4) is 0 Å². The topological polar surface area (TPSA) is 61.5 Å². The van der Waals surface area contributed by atoms with E-state index in [-0.39, 0.29) is 5.97 Å². The minimum atomic E-state index is -0.465. The maximum Gasteiger partial charge on any atom is 0.322 e. The summed E-state index contributed by atoms with van der Waals surface area (Å²) in [6, 6.07) is -0.465. The van der Waals surface area contributed by atoms with Crippen molar-refractivity contribution in [2.75, 3.05) is 20.3 Å². The van der Waals surface area contributed by atoms with Crippen molar-refractivity contribution in [2.45, 2.75) is 25.3 Å². The first kappa shape index (κ1) is 10.5. The van der Waals surface area contributed by atoms with Gasteiger partial charge in [-0.05, 0) is 25.2 Å². The third-order valence-electron chi connectivity index (χ3n) is 2.43. The number of ether oxygens (including phenoxy) is 2. The molecule has 0 radical (unpaired) electrons. The highest BCUT2D eigenvalue weighted by molar-refractivity contribution is 5.75. The van der Waals surface area contributed by atoms with E-state index < -0.39 is 6.04 Å². The molecule has 2 N–H and O–H groups in total. The summed E-state index contributed by atoms with van der Waals surface area (Å²) < 4.78 is 9.77. The van der Waals surface area contributed by atoms with Gasteiger partial charge in [-0.1, -0.05) is 0 Å². The maximum atomic E-state index is 11.0. The van der Waals surface area contributed by atoms with E-state index in [4.69, 9.17) is 10.5 Å². The quantitative estimate of drug-likeness (QED) is 0.646. The van der Waals surface area contributed by atoms with Crippen molar-refractivity contribution in [2.24, 2.45) is 11.7 Å². The fraction of sp³-hybridized carbons (Fsp3) is 0.889. The molecule has 1 aliphatic heterocycles. The van der Waals surface area contributed by atoms with Crippen molar-refractivity contribution >= 4 is 5.97 Å². The zero-order chi connectivity index (χ0) is 9.68. The fourth-order valence-electron chi connectivity index (χ4n) is 1.59. The van der Waals surface area contributed by atoms with Crippen LogP contribution in [-0.4, -0.2) is 32.3 Å². The molecule has 0 aliphatic carbocycles. The van der Waals surface area contributed by atoms with Crippen LogP contribution in [0.1, 0.15) is 19.3 Å². The van der Waals surface area contributed by atoms with Crippen LogP contribution in [0.4, 0.5) is 0 Å². The predicted molar refractivity (Wildman–Crippen MR) is 48.2 cm³/mol. The number of carbonyl (C=O) groups excluding carboxylic acids is 1. The summed E-state index contributed by atoms with van der Waals surface area (Å²) in [5.41, 5.74) is 5.64. The zero-order valence-corrected chi connectivity index (χ0v) is 7.99. The monoisotopic (exact) mass is 187 g/mol. The highest BCUT2D eigenvalue weighted by Gasteiger charge is 2.21. The summed E-state index contributed by atoms with van der Waals surface area (Å²) in [5.74, 6) is 0.203. The molecule has 0 aromatic rings. The largest absolute Gasteiger partial charge is 0.468 e. The minimum absolute atomic E-state index is 0.313. The normalized spacial score (nSPS) is 21.1. The van der Waals surface area contributed by atoms with Crippen LogP contribution in [0.25, 0.3) is 0 Å². The van der Waals surface area contributed by atoms with Gasteiger partial charge in [-0.2, -0.15) is 0 Å². The molecule has 13 heavy (non-hydrogen) atoms. The van der Waals surface area contributed by atoms with Gasteiger partial charge in [-0.25, -0.2) is 0 Å². The molecule has 0 spiro atoms. The van der Waals surface area contributed by atoms with Crippen molar-refractivity contribution < 1.29 is 14.3 Å². The summed E-state index contributed by atoms with van der Waals surface area (Å²) in [4.78, 5) is 11.0. The van der Waals surface area contributed by atoms with Crippen LogP contribution < -0.4 is 5.73 Å². The Balaban J connectivity index is 2.25. The summed E-state index contributed by atoms with van der Waals surface area (Å²) in [7, 11) is 1.37. The number of carbonyl (C=O) groups is 1. The van der Waals surface area contributed by atoms with Gasteiger partial charge in [0.2, 0.25) is 0 Å². The summed E-state index contributed by atoms with van der Waals surface area (Å²) in [6.07, 6.45) is 2.73. The van der Waals surface area contributed by atoms with E-state index in [1.54, 1.807) is 0 Å². The van der Waals surface area contributed by atoms with Crippen molar-refractivity contribution in [3.05, 3.63) is 0 Å². The Morgan fingerprint density at radius 2 is 2.23 bits per heavy atom. The van der Waals surface area contributed by atoms with Gasteiger partial charge in [0.05, 0.1) is 7.11 Å². The average molecular weight is 187 g/mol. The van der Waals surface area contributed by atoms with Gasteiger partial charge >= 0.3 is 5.97 Å².